The molecule has 0 aromatic heterocycles. The highest BCUT2D eigenvalue weighted by Crippen LogP contribution is 2.23. The van der Waals surface area contributed by atoms with Crippen molar-refractivity contribution in [2.45, 2.75) is 11.3 Å². The first-order chi connectivity index (χ1) is 10.8. The van der Waals surface area contributed by atoms with E-state index in [0.29, 0.717) is 5.02 Å². The van der Waals surface area contributed by atoms with Crippen molar-refractivity contribution in [3.05, 3.63) is 58.3 Å². The van der Waals surface area contributed by atoms with Gasteiger partial charge in [-0.25, -0.2) is 12.8 Å². The summed E-state index contributed by atoms with van der Waals surface area (Å²) in [4.78, 5) is 11.9. The molecular weight excluding hydrogens is 364 g/mol. The number of anilines is 1. The van der Waals surface area contributed by atoms with Crippen LogP contribution in [0.25, 0.3) is 0 Å². The minimum atomic E-state index is -3.59. The summed E-state index contributed by atoms with van der Waals surface area (Å²) >= 11 is 11.5. The van der Waals surface area contributed by atoms with Crippen molar-refractivity contribution in [3.63, 3.8) is 0 Å². The van der Waals surface area contributed by atoms with Crippen LogP contribution >= 0.6 is 23.2 Å². The summed E-state index contributed by atoms with van der Waals surface area (Å²) in [5.41, 5.74) is 0.224. The van der Waals surface area contributed by atoms with Crippen LogP contribution in [0.15, 0.2) is 47.4 Å². The molecule has 0 unspecified atom stereocenters. The molecule has 0 saturated carbocycles. The zero-order valence-electron chi connectivity index (χ0n) is 11.7. The Labute approximate surface area is 143 Å². The second-order valence-corrected chi connectivity index (χ2v) is 7.65. The molecule has 23 heavy (non-hydrogen) atoms. The van der Waals surface area contributed by atoms with Crippen molar-refractivity contribution in [1.82, 2.24) is 0 Å². The summed E-state index contributed by atoms with van der Waals surface area (Å²) in [6, 6.07) is 9.20. The largest absolute Gasteiger partial charge is 0.325 e. The van der Waals surface area contributed by atoms with Crippen molar-refractivity contribution in [2.75, 3.05) is 11.1 Å². The highest BCUT2D eigenvalue weighted by atomic mass is 35.5. The molecule has 0 fully saturated rings. The lowest BCUT2D eigenvalue weighted by atomic mass is 10.3. The lowest BCUT2D eigenvalue weighted by Gasteiger charge is -2.08. The molecule has 0 radical (unpaired) electrons. The number of hydrogen-bond donors (Lipinski definition) is 1. The quantitative estimate of drug-likeness (QED) is 0.860. The summed E-state index contributed by atoms with van der Waals surface area (Å²) in [5.74, 6) is -1.42. The smallest absolute Gasteiger partial charge is 0.225 e. The topological polar surface area (TPSA) is 63.2 Å². The third-order valence-corrected chi connectivity index (χ3v) is 5.27. The molecule has 0 heterocycles. The van der Waals surface area contributed by atoms with Crippen LogP contribution in [-0.2, 0) is 14.6 Å². The van der Waals surface area contributed by atoms with Gasteiger partial charge >= 0.3 is 0 Å². The monoisotopic (exact) mass is 375 g/mol. The Morgan fingerprint density at radius 1 is 1.09 bits per heavy atom. The van der Waals surface area contributed by atoms with Gasteiger partial charge in [0.05, 0.1) is 21.4 Å². The van der Waals surface area contributed by atoms with Gasteiger partial charge < -0.3 is 5.32 Å². The molecule has 2 rings (SSSR count). The molecule has 1 amide bonds. The van der Waals surface area contributed by atoms with Crippen LogP contribution in [0, 0.1) is 5.82 Å². The van der Waals surface area contributed by atoms with E-state index in [-0.39, 0.29) is 27.8 Å². The van der Waals surface area contributed by atoms with Crippen molar-refractivity contribution >= 4 is 44.6 Å². The molecule has 0 saturated heterocycles. The highest BCUT2D eigenvalue weighted by molar-refractivity contribution is 7.91. The van der Waals surface area contributed by atoms with Gasteiger partial charge in [0.25, 0.3) is 0 Å². The molecule has 1 N–H and O–H groups in total. The van der Waals surface area contributed by atoms with Gasteiger partial charge in [-0.15, -0.1) is 0 Å². The Morgan fingerprint density at radius 3 is 2.35 bits per heavy atom. The fourth-order valence-electron chi connectivity index (χ4n) is 1.79. The average Bonchev–Trinajstić information content (AvgIpc) is 2.49. The van der Waals surface area contributed by atoms with Crippen LogP contribution < -0.4 is 5.32 Å². The second kappa shape index (κ2) is 7.29. The normalized spacial score (nSPS) is 11.3. The molecular formula is C15H12Cl2FNO3S. The zero-order chi connectivity index (χ0) is 17.0. The van der Waals surface area contributed by atoms with Gasteiger partial charge in [-0.05, 0) is 42.5 Å². The predicted molar refractivity (Wildman–Crippen MR) is 88.2 cm³/mol. The molecule has 0 aliphatic carbocycles. The van der Waals surface area contributed by atoms with Crippen molar-refractivity contribution in [1.29, 1.82) is 0 Å². The number of halogens is 3. The summed E-state index contributed by atoms with van der Waals surface area (Å²) < 4.78 is 37.1. The molecule has 4 nitrogen and oxygen atoms in total. The zero-order valence-corrected chi connectivity index (χ0v) is 14.1. The van der Waals surface area contributed by atoms with E-state index in [0.717, 1.165) is 12.1 Å². The Hall–Kier alpha value is -1.63. The van der Waals surface area contributed by atoms with Crippen molar-refractivity contribution in [2.24, 2.45) is 0 Å². The molecule has 0 spiro atoms. The summed E-state index contributed by atoms with van der Waals surface area (Å²) in [6.45, 7) is 0. The van der Waals surface area contributed by atoms with Gasteiger partial charge in [0, 0.05) is 11.4 Å². The van der Waals surface area contributed by atoms with Crippen LogP contribution in [0.5, 0.6) is 0 Å². The maximum Gasteiger partial charge on any atom is 0.225 e. The number of benzene rings is 2. The first kappa shape index (κ1) is 17.7. The van der Waals surface area contributed by atoms with E-state index in [4.69, 9.17) is 23.2 Å². The van der Waals surface area contributed by atoms with E-state index in [1.54, 1.807) is 0 Å². The fraction of sp³-hybridized carbons (Fsp3) is 0.133. The minimum absolute atomic E-state index is 0.0407. The Kier molecular flexibility index (Phi) is 5.62. The molecule has 0 atom stereocenters. The maximum atomic E-state index is 12.9. The third-order valence-electron chi connectivity index (χ3n) is 2.98. The fourth-order valence-corrected chi connectivity index (χ4v) is 3.37. The molecule has 8 heteroatoms. The lowest BCUT2D eigenvalue weighted by molar-refractivity contribution is -0.115. The van der Waals surface area contributed by atoms with Gasteiger partial charge in [-0.1, -0.05) is 23.2 Å². The standard InChI is InChI=1S/C15H12Cl2FNO3S/c16-10-1-4-12(5-2-10)23(21,22)8-7-15(20)19-14-6-3-11(18)9-13(14)17/h1-6,9H,7-8H2,(H,19,20). The molecule has 0 aliphatic heterocycles. The SMILES string of the molecule is O=C(CCS(=O)(=O)c1ccc(Cl)cc1)Nc1ccc(F)cc1Cl. The van der Waals surface area contributed by atoms with Gasteiger partial charge in [-0.3, -0.25) is 4.79 Å². The first-order valence-electron chi connectivity index (χ1n) is 6.51. The van der Waals surface area contributed by atoms with Crippen LogP contribution in [-0.4, -0.2) is 20.1 Å². The Bertz CT molecular complexity index is 823. The van der Waals surface area contributed by atoms with Crippen LogP contribution in [0.3, 0.4) is 0 Å². The number of sulfone groups is 1. The molecule has 122 valence electrons. The molecule has 2 aromatic carbocycles. The Morgan fingerprint density at radius 2 is 1.74 bits per heavy atom. The number of amides is 1. The minimum Gasteiger partial charge on any atom is -0.325 e. The molecule has 0 aliphatic rings. The Balaban J connectivity index is 1.99. The van der Waals surface area contributed by atoms with Crippen molar-refractivity contribution < 1.29 is 17.6 Å². The van der Waals surface area contributed by atoms with E-state index in [1.165, 1.54) is 30.3 Å². The van der Waals surface area contributed by atoms with E-state index in [2.05, 4.69) is 5.32 Å². The van der Waals surface area contributed by atoms with Gasteiger partial charge in [0.1, 0.15) is 5.82 Å². The van der Waals surface area contributed by atoms with Crippen LogP contribution in [0.4, 0.5) is 10.1 Å². The van der Waals surface area contributed by atoms with E-state index < -0.39 is 21.6 Å². The highest BCUT2D eigenvalue weighted by Gasteiger charge is 2.17. The number of rotatable bonds is 5. The number of nitrogens with one attached hydrogen (secondary N) is 1. The summed E-state index contributed by atoms with van der Waals surface area (Å²) in [5, 5.41) is 2.91. The third kappa shape index (κ3) is 4.92. The maximum absolute atomic E-state index is 12.9. The lowest BCUT2D eigenvalue weighted by Crippen LogP contribution is -2.17. The number of carbonyl (C=O) groups excluding carboxylic acids is 1. The number of carbonyl (C=O) groups is 1. The van der Waals surface area contributed by atoms with Gasteiger partial charge in [0.2, 0.25) is 5.91 Å². The van der Waals surface area contributed by atoms with Crippen molar-refractivity contribution in [3.8, 4) is 0 Å². The first-order valence-corrected chi connectivity index (χ1v) is 8.92. The van der Waals surface area contributed by atoms with E-state index in [1.807, 2.05) is 0 Å². The summed E-state index contributed by atoms with van der Waals surface area (Å²) in [7, 11) is -3.59. The van der Waals surface area contributed by atoms with Gasteiger partial charge in [0.15, 0.2) is 9.84 Å². The molecule has 2 aromatic rings. The summed E-state index contributed by atoms with van der Waals surface area (Å²) in [6.07, 6.45) is -0.251. The second-order valence-electron chi connectivity index (χ2n) is 4.70. The van der Waals surface area contributed by atoms with Gasteiger partial charge in [-0.2, -0.15) is 0 Å². The molecule has 0 bridgehead atoms. The van der Waals surface area contributed by atoms with E-state index in [9.17, 15) is 17.6 Å². The van der Waals surface area contributed by atoms with E-state index >= 15 is 0 Å². The van der Waals surface area contributed by atoms with Crippen LogP contribution in [0.2, 0.25) is 10.0 Å². The predicted octanol–water partition coefficient (Wildman–Crippen LogP) is 3.94. The average molecular weight is 376 g/mol. The number of hydrogen-bond acceptors (Lipinski definition) is 3. The van der Waals surface area contributed by atoms with Crippen LogP contribution in [0.1, 0.15) is 6.42 Å².